The van der Waals surface area contributed by atoms with Crippen LogP contribution in [-0.4, -0.2) is 31.1 Å². The van der Waals surface area contributed by atoms with Gasteiger partial charge in [-0.1, -0.05) is 46.4 Å². The van der Waals surface area contributed by atoms with Crippen LogP contribution in [0.2, 0.25) is 20.1 Å². The van der Waals surface area contributed by atoms with Crippen LogP contribution in [0.5, 0.6) is 11.5 Å². The highest BCUT2D eigenvalue weighted by atomic mass is 35.5. The van der Waals surface area contributed by atoms with Crippen molar-refractivity contribution < 1.29 is 23.9 Å². The predicted octanol–water partition coefficient (Wildman–Crippen LogP) is 5.62. The maximum Gasteiger partial charge on any atom is 0.343 e. The molecule has 0 aliphatic heterocycles. The minimum absolute atomic E-state index is 0.144. The topological polar surface area (TPSA) is 106 Å². The average Bonchev–Trinajstić information content (AvgIpc) is 2.83. The zero-order chi connectivity index (χ0) is 25.5. The van der Waals surface area contributed by atoms with Gasteiger partial charge in [-0.15, -0.1) is 0 Å². The number of methoxy groups -OCH3 is 1. The van der Waals surface area contributed by atoms with Gasteiger partial charge in [-0.05, 0) is 60.2 Å². The lowest BCUT2D eigenvalue weighted by molar-refractivity contribution is -0.136. The molecular formula is C23H15Cl4N3O5. The van der Waals surface area contributed by atoms with E-state index < -0.39 is 17.8 Å². The highest BCUT2D eigenvalue weighted by Gasteiger charge is 2.15. The molecule has 3 rings (SSSR count). The number of halogens is 4. The minimum Gasteiger partial charge on any atom is -0.493 e. The molecule has 3 aromatic carbocycles. The summed E-state index contributed by atoms with van der Waals surface area (Å²) < 4.78 is 10.6. The van der Waals surface area contributed by atoms with E-state index in [2.05, 4.69) is 15.8 Å². The van der Waals surface area contributed by atoms with Crippen molar-refractivity contribution in [3.63, 3.8) is 0 Å². The third-order valence-electron chi connectivity index (χ3n) is 4.31. The molecule has 0 heterocycles. The van der Waals surface area contributed by atoms with Gasteiger partial charge in [0.1, 0.15) is 0 Å². The summed E-state index contributed by atoms with van der Waals surface area (Å²) in [6.07, 6.45) is 1.28. The molecule has 0 aliphatic carbocycles. The van der Waals surface area contributed by atoms with Gasteiger partial charge in [0.05, 0.1) is 39.0 Å². The summed E-state index contributed by atoms with van der Waals surface area (Å²) in [7, 11) is 1.39. The van der Waals surface area contributed by atoms with Crippen LogP contribution in [0.1, 0.15) is 15.9 Å². The van der Waals surface area contributed by atoms with Crippen molar-refractivity contribution in [3.8, 4) is 11.5 Å². The fourth-order valence-electron chi connectivity index (χ4n) is 2.61. The van der Waals surface area contributed by atoms with Gasteiger partial charge in [-0.3, -0.25) is 9.59 Å². The molecule has 2 amide bonds. The van der Waals surface area contributed by atoms with Crippen molar-refractivity contribution in [1.82, 2.24) is 5.43 Å². The predicted molar refractivity (Wildman–Crippen MR) is 135 cm³/mol. The molecule has 0 saturated carbocycles. The second-order valence-corrected chi connectivity index (χ2v) is 8.34. The van der Waals surface area contributed by atoms with E-state index >= 15 is 0 Å². The molecule has 0 saturated heterocycles. The number of hydrazone groups is 1. The summed E-state index contributed by atoms with van der Waals surface area (Å²) in [5.41, 5.74) is 3.08. The van der Waals surface area contributed by atoms with Crippen molar-refractivity contribution in [2.24, 2.45) is 5.10 Å². The number of hydrogen-bond donors (Lipinski definition) is 2. The minimum atomic E-state index is -1.01. The van der Waals surface area contributed by atoms with E-state index in [0.717, 1.165) is 0 Å². The summed E-state index contributed by atoms with van der Waals surface area (Å²) in [6.45, 7) is 0. The van der Waals surface area contributed by atoms with Gasteiger partial charge in [-0.2, -0.15) is 5.10 Å². The zero-order valence-corrected chi connectivity index (χ0v) is 20.8. The lowest BCUT2D eigenvalue weighted by atomic mass is 10.2. The first-order chi connectivity index (χ1) is 16.7. The van der Waals surface area contributed by atoms with Crippen molar-refractivity contribution >= 4 is 76.1 Å². The molecule has 3 aromatic rings. The maximum atomic E-state index is 12.4. The smallest absolute Gasteiger partial charge is 0.343 e. The standard InChI is InChI=1S/C23H15Cl4N3O5/c1-34-20-8-12(2-7-19(20)35-23(33)13-3-5-15(24)17(26)9-13)11-28-30-22(32)21(31)29-14-4-6-16(25)18(27)10-14/h2-11H,1H3,(H,29,31)(H,30,32). The van der Waals surface area contributed by atoms with E-state index in [4.69, 9.17) is 55.9 Å². The summed E-state index contributed by atoms with van der Waals surface area (Å²) in [5.74, 6) is -2.26. The molecular weight excluding hydrogens is 540 g/mol. The quantitative estimate of drug-likeness (QED) is 0.135. The maximum absolute atomic E-state index is 12.4. The Morgan fingerprint density at radius 2 is 1.49 bits per heavy atom. The highest BCUT2D eigenvalue weighted by molar-refractivity contribution is 6.43. The SMILES string of the molecule is COc1cc(C=NNC(=O)C(=O)Nc2ccc(Cl)c(Cl)c2)ccc1OC(=O)c1ccc(Cl)c(Cl)c1. The van der Waals surface area contributed by atoms with Crippen LogP contribution in [0.15, 0.2) is 59.7 Å². The van der Waals surface area contributed by atoms with E-state index in [1.54, 1.807) is 6.07 Å². The molecule has 8 nitrogen and oxygen atoms in total. The van der Waals surface area contributed by atoms with Gasteiger partial charge in [0.2, 0.25) is 0 Å². The first-order valence-electron chi connectivity index (χ1n) is 9.62. The highest BCUT2D eigenvalue weighted by Crippen LogP contribution is 2.29. The number of carbonyl (C=O) groups excluding carboxylic acids is 3. The number of amides is 2. The second kappa shape index (κ2) is 11.9. The number of rotatable bonds is 6. The van der Waals surface area contributed by atoms with E-state index in [0.29, 0.717) is 21.3 Å². The Morgan fingerprint density at radius 1 is 0.800 bits per heavy atom. The van der Waals surface area contributed by atoms with Gasteiger partial charge in [-0.25, -0.2) is 10.2 Å². The van der Waals surface area contributed by atoms with Gasteiger partial charge in [0, 0.05) is 5.69 Å². The summed E-state index contributed by atoms with van der Waals surface area (Å²) in [6, 6.07) is 13.3. The average molecular weight is 555 g/mol. The molecule has 12 heteroatoms. The van der Waals surface area contributed by atoms with Gasteiger partial charge in [0.25, 0.3) is 0 Å². The molecule has 0 atom stereocenters. The molecule has 0 radical (unpaired) electrons. The number of nitrogens with zero attached hydrogens (tertiary/aromatic N) is 1. The Hall–Kier alpha value is -3.30. The number of esters is 1. The summed E-state index contributed by atoms with van der Waals surface area (Å²) >= 11 is 23.5. The van der Waals surface area contributed by atoms with Crippen LogP contribution < -0.4 is 20.2 Å². The molecule has 180 valence electrons. The number of ether oxygens (including phenoxy) is 2. The molecule has 0 aliphatic rings. The molecule has 0 unspecified atom stereocenters. The zero-order valence-electron chi connectivity index (χ0n) is 17.8. The number of benzene rings is 3. The van der Waals surface area contributed by atoms with Crippen LogP contribution in [0.25, 0.3) is 0 Å². The third kappa shape index (κ3) is 7.10. The van der Waals surface area contributed by atoms with E-state index in [-0.39, 0.29) is 27.1 Å². The van der Waals surface area contributed by atoms with Crippen molar-refractivity contribution in [2.75, 3.05) is 12.4 Å². The fraction of sp³-hybridized carbons (Fsp3) is 0.0435. The normalized spacial score (nSPS) is 10.7. The van der Waals surface area contributed by atoms with Crippen LogP contribution in [0.3, 0.4) is 0 Å². The lowest BCUT2D eigenvalue weighted by Crippen LogP contribution is -2.32. The van der Waals surface area contributed by atoms with E-state index in [9.17, 15) is 14.4 Å². The molecule has 0 fully saturated rings. The first kappa shape index (κ1) is 26.3. The van der Waals surface area contributed by atoms with Gasteiger partial charge in [0.15, 0.2) is 11.5 Å². The monoisotopic (exact) mass is 553 g/mol. The molecule has 0 aromatic heterocycles. The fourth-order valence-corrected chi connectivity index (χ4v) is 3.20. The molecule has 0 spiro atoms. The second-order valence-electron chi connectivity index (χ2n) is 6.71. The van der Waals surface area contributed by atoms with E-state index in [1.165, 1.54) is 61.9 Å². The summed E-state index contributed by atoms with van der Waals surface area (Å²) in [4.78, 5) is 36.4. The van der Waals surface area contributed by atoms with Crippen LogP contribution in [0.4, 0.5) is 5.69 Å². The van der Waals surface area contributed by atoms with Crippen LogP contribution in [0, 0.1) is 0 Å². The largest absolute Gasteiger partial charge is 0.493 e. The Morgan fingerprint density at radius 3 is 2.14 bits per heavy atom. The van der Waals surface area contributed by atoms with E-state index in [1.807, 2.05) is 0 Å². The lowest BCUT2D eigenvalue weighted by Gasteiger charge is -2.10. The van der Waals surface area contributed by atoms with Gasteiger partial charge >= 0.3 is 17.8 Å². The molecule has 2 N–H and O–H groups in total. The molecule has 0 bridgehead atoms. The van der Waals surface area contributed by atoms with Crippen molar-refractivity contribution in [3.05, 3.63) is 85.8 Å². The number of carbonyl (C=O) groups is 3. The Bertz CT molecular complexity index is 1330. The molecule has 35 heavy (non-hydrogen) atoms. The Labute approximate surface area is 219 Å². The first-order valence-corrected chi connectivity index (χ1v) is 11.1. The van der Waals surface area contributed by atoms with Gasteiger partial charge < -0.3 is 14.8 Å². The van der Waals surface area contributed by atoms with Crippen molar-refractivity contribution in [1.29, 1.82) is 0 Å². The Balaban J connectivity index is 1.61. The van der Waals surface area contributed by atoms with Crippen LogP contribution in [-0.2, 0) is 9.59 Å². The third-order valence-corrected chi connectivity index (χ3v) is 5.79. The van der Waals surface area contributed by atoms with Crippen molar-refractivity contribution in [2.45, 2.75) is 0 Å². The van der Waals surface area contributed by atoms with Crippen LogP contribution >= 0.6 is 46.4 Å². The number of hydrogen-bond acceptors (Lipinski definition) is 6. The number of nitrogens with one attached hydrogen (secondary N) is 2. The Kier molecular flexibility index (Phi) is 8.95. The summed E-state index contributed by atoms with van der Waals surface area (Å²) in [5, 5.41) is 7.17. The number of anilines is 1.